The zero-order chi connectivity index (χ0) is 14.9. The molecule has 0 radical (unpaired) electrons. The van der Waals surface area contributed by atoms with Gasteiger partial charge in [-0.2, -0.15) is 0 Å². The molecule has 2 aliphatic rings. The monoisotopic (exact) mass is 328 g/mol. The summed E-state index contributed by atoms with van der Waals surface area (Å²) >= 11 is 1.77. The van der Waals surface area contributed by atoms with Crippen molar-refractivity contribution in [3.05, 3.63) is 15.6 Å². The summed E-state index contributed by atoms with van der Waals surface area (Å²) in [6, 6.07) is 0. The van der Waals surface area contributed by atoms with Crippen molar-refractivity contribution in [2.45, 2.75) is 50.9 Å². The van der Waals surface area contributed by atoms with E-state index >= 15 is 0 Å². The van der Waals surface area contributed by atoms with Gasteiger partial charge in [0.1, 0.15) is 0 Å². The van der Waals surface area contributed by atoms with Crippen LogP contribution in [0, 0.1) is 0 Å². The maximum absolute atomic E-state index is 11.7. The molecule has 0 bridgehead atoms. The number of thiazole rings is 1. The third-order valence-corrected chi connectivity index (χ3v) is 7.55. The fraction of sp³-hybridized carbons (Fsp3) is 0.800. The molecule has 21 heavy (non-hydrogen) atoms. The van der Waals surface area contributed by atoms with E-state index in [2.05, 4.69) is 12.2 Å². The SMILES string of the molecule is CCCNCC1CCCc2sc(C3CCS(=O)(=O)C3)nc21. The lowest BCUT2D eigenvalue weighted by Crippen LogP contribution is -2.24. The van der Waals surface area contributed by atoms with Crippen LogP contribution >= 0.6 is 11.3 Å². The highest BCUT2D eigenvalue weighted by Gasteiger charge is 2.33. The van der Waals surface area contributed by atoms with Crippen LogP contribution in [0.4, 0.5) is 0 Å². The number of nitrogens with one attached hydrogen (secondary N) is 1. The van der Waals surface area contributed by atoms with E-state index in [4.69, 9.17) is 4.98 Å². The molecule has 1 aliphatic heterocycles. The third-order valence-electron chi connectivity index (χ3n) is 4.49. The van der Waals surface area contributed by atoms with Crippen LogP contribution in [0.25, 0.3) is 0 Å². The summed E-state index contributed by atoms with van der Waals surface area (Å²) in [6.07, 6.45) is 5.47. The van der Waals surface area contributed by atoms with Crippen molar-refractivity contribution in [1.29, 1.82) is 0 Å². The van der Waals surface area contributed by atoms with Gasteiger partial charge >= 0.3 is 0 Å². The van der Waals surface area contributed by atoms with E-state index in [0.29, 0.717) is 17.4 Å². The lowest BCUT2D eigenvalue weighted by atomic mass is 9.91. The molecular formula is C15H24N2O2S2. The molecule has 0 saturated carbocycles. The van der Waals surface area contributed by atoms with E-state index in [-0.39, 0.29) is 5.92 Å². The second kappa shape index (κ2) is 6.34. The van der Waals surface area contributed by atoms with Crippen LogP contribution in [0.15, 0.2) is 0 Å². The second-order valence-electron chi connectivity index (χ2n) is 6.25. The molecule has 6 heteroatoms. The fourth-order valence-electron chi connectivity index (χ4n) is 3.34. The first kappa shape index (κ1) is 15.4. The van der Waals surface area contributed by atoms with Gasteiger partial charge in [-0.25, -0.2) is 13.4 Å². The first-order valence-corrected chi connectivity index (χ1v) is 10.6. The van der Waals surface area contributed by atoms with Gasteiger partial charge < -0.3 is 5.32 Å². The number of nitrogens with zero attached hydrogens (tertiary/aromatic N) is 1. The number of hydrogen-bond donors (Lipinski definition) is 1. The molecule has 1 aliphatic carbocycles. The van der Waals surface area contributed by atoms with Crippen molar-refractivity contribution in [2.24, 2.45) is 0 Å². The first-order valence-electron chi connectivity index (χ1n) is 7.99. The molecule has 1 fully saturated rings. The van der Waals surface area contributed by atoms with E-state index in [1.165, 1.54) is 23.4 Å². The van der Waals surface area contributed by atoms with E-state index < -0.39 is 9.84 Å². The van der Waals surface area contributed by atoms with Crippen molar-refractivity contribution in [3.8, 4) is 0 Å². The van der Waals surface area contributed by atoms with Gasteiger partial charge in [0.15, 0.2) is 9.84 Å². The Labute approximate surface area is 131 Å². The van der Waals surface area contributed by atoms with Crippen molar-refractivity contribution in [1.82, 2.24) is 10.3 Å². The van der Waals surface area contributed by atoms with Crippen LogP contribution in [0.2, 0.25) is 0 Å². The molecular weight excluding hydrogens is 304 g/mol. The van der Waals surface area contributed by atoms with Crippen molar-refractivity contribution in [3.63, 3.8) is 0 Å². The Kier molecular flexibility index (Phi) is 4.66. The quantitative estimate of drug-likeness (QED) is 0.844. The molecule has 1 saturated heterocycles. The standard InChI is InChI=1S/C15H24N2O2S2/c1-2-7-16-9-11-4-3-5-13-14(11)17-15(20-13)12-6-8-21(18,19)10-12/h11-12,16H,2-10H2,1H3. The number of fused-ring (bicyclic) bond motifs is 1. The fourth-order valence-corrected chi connectivity index (χ4v) is 6.52. The number of sulfone groups is 1. The van der Waals surface area contributed by atoms with Crippen LogP contribution in [-0.2, 0) is 16.3 Å². The van der Waals surface area contributed by atoms with Gasteiger partial charge in [0.05, 0.1) is 22.2 Å². The van der Waals surface area contributed by atoms with Crippen LogP contribution in [-0.4, -0.2) is 38.0 Å². The second-order valence-corrected chi connectivity index (χ2v) is 9.60. The van der Waals surface area contributed by atoms with Crippen LogP contribution in [0.5, 0.6) is 0 Å². The van der Waals surface area contributed by atoms with Gasteiger partial charge in [0, 0.05) is 23.3 Å². The summed E-state index contributed by atoms with van der Waals surface area (Å²) in [6.45, 7) is 4.25. The average Bonchev–Trinajstić information content (AvgIpc) is 3.02. The number of aromatic nitrogens is 1. The first-order chi connectivity index (χ1) is 10.1. The minimum atomic E-state index is -2.82. The molecule has 1 aromatic rings. The molecule has 1 aromatic heterocycles. The minimum Gasteiger partial charge on any atom is -0.316 e. The van der Waals surface area contributed by atoms with Gasteiger partial charge in [-0.15, -0.1) is 11.3 Å². The van der Waals surface area contributed by atoms with E-state index in [1.54, 1.807) is 11.3 Å². The van der Waals surface area contributed by atoms with E-state index in [0.717, 1.165) is 37.4 Å². The van der Waals surface area contributed by atoms with Crippen molar-refractivity contribution in [2.75, 3.05) is 24.6 Å². The predicted molar refractivity (Wildman–Crippen MR) is 87.0 cm³/mol. The van der Waals surface area contributed by atoms with Gasteiger partial charge in [0.2, 0.25) is 0 Å². The van der Waals surface area contributed by atoms with Gasteiger partial charge in [0.25, 0.3) is 0 Å². The molecule has 2 heterocycles. The third kappa shape index (κ3) is 3.48. The van der Waals surface area contributed by atoms with E-state index in [9.17, 15) is 8.42 Å². The summed E-state index contributed by atoms with van der Waals surface area (Å²) in [7, 11) is -2.82. The Bertz CT molecular complexity index is 595. The lowest BCUT2D eigenvalue weighted by molar-refractivity contribution is 0.500. The highest BCUT2D eigenvalue weighted by molar-refractivity contribution is 7.91. The maximum Gasteiger partial charge on any atom is 0.151 e. The zero-order valence-electron chi connectivity index (χ0n) is 12.6. The van der Waals surface area contributed by atoms with Gasteiger partial charge in [-0.1, -0.05) is 6.92 Å². The summed E-state index contributed by atoms with van der Waals surface area (Å²) in [4.78, 5) is 6.28. The topological polar surface area (TPSA) is 59.1 Å². The van der Waals surface area contributed by atoms with Gasteiger partial charge in [-0.3, -0.25) is 0 Å². The smallest absolute Gasteiger partial charge is 0.151 e. The summed E-state index contributed by atoms with van der Waals surface area (Å²) in [5.41, 5.74) is 1.26. The zero-order valence-corrected chi connectivity index (χ0v) is 14.2. The Morgan fingerprint density at radius 3 is 2.95 bits per heavy atom. The molecule has 2 atom stereocenters. The number of rotatable bonds is 5. The van der Waals surface area contributed by atoms with Crippen LogP contribution in [0.3, 0.4) is 0 Å². The van der Waals surface area contributed by atoms with Crippen LogP contribution < -0.4 is 5.32 Å². The maximum atomic E-state index is 11.7. The number of hydrogen-bond acceptors (Lipinski definition) is 5. The Hall–Kier alpha value is -0.460. The average molecular weight is 329 g/mol. The molecule has 3 rings (SSSR count). The molecule has 0 spiro atoms. The molecule has 118 valence electrons. The van der Waals surface area contributed by atoms with Crippen molar-refractivity contribution >= 4 is 21.2 Å². The van der Waals surface area contributed by atoms with Gasteiger partial charge in [-0.05, 0) is 38.6 Å². The molecule has 1 N–H and O–H groups in total. The normalized spacial score (nSPS) is 27.7. The largest absolute Gasteiger partial charge is 0.316 e. The Morgan fingerprint density at radius 2 is 2.24 bits per heavy atom. The Morgan fingerprint density at radius 1 is 1.38 bits per heavy atom. The summed E-state index contributed by atoms with van der Waals surface area (Å²) in [5.74, 6) is 1.31. The predicted octanol–water partition coefficient (Wildman–Crippen LogP) is 2.46. The van der Waals surface area contributed by atoms with Crippen LogP contribution in [0.1, 0.15) is 60.0 Å². The van der Waals surface area contributed by atoms with Crippen molar-refractivity contribution < 1.29 is 8.42 Å². The summed E-state index contributed by atoms with van der Waals surface area (Å²) < 4.78 is 23.3. The minimum absolute atomic E-state index is 0.148. The highest BCUT2D eigenvalue weighted by atomic mass is 32.2. The molecule has 2 unspecified atom stereocenters. The Balaban J connectivity index is 1.75. The number of aryl methyl sites for hydroxylation is 1. The van der Waals surface area contributed by atoms with E-state index in [1.807, 2.05) is 0 Å². The highest BCUT2D eigenvalue weighted by Crippen LogP contribution is 2.39. The molecule has 0 aromatic carbocycles. The molecule has 0 amide bonds. The molecule has 4 nitrogen and oxygen atoms in total. The lowest BCUT2D eigenvalue weighted by Gasteiger charge is -2.21. The summed E-state index contributed by atoms with van der Waals surface area (Å²) in [5, 5.41) is 4.58.